The number of carbonyl (C=O) groups is 2. The van der Waals surface area contributed by atoms with E-state index >= 15 is 0 Å². The fourth-order valence-electron chi connectivity index (χ4n) is 1.88. The third-order valence-electron chi connectivity index (χ3n) is 3.55. The van der Waals surface area contributed by atoms with E-state index in [-0.39, 0.29) is 6.61 Å². The smallest absolute Gasteiger partial charge is 0.320 e. The topological polar surface area (TPSA) is 127 Å². The van der Waals surface area contributed by atoms with Gasteiger partial charge in [0, 0.05) is 0 Å². The van der Waals surface area contributed by atoms with Crippen molar-refractivity contribution in [2.75, 3.05) is 12.4 Å². The Hall–Kier alpha value is -1.05. The number of amides is 1. The van der Waals surface area contributed by atoms with E-state index in [9.17, 15) is 14.7 Å². The van der Waals surface area contributed by atoms with Crippen LogP contribution in [0.25, 0.3) is 0 Å². The summed E-state index contributed by atoms with van der Waals surface area (Å²) in [7, 11) is 0. The van der Waals surface area contributed by atoms with Gasteiger partial charge in [0.1, 0.15) is 6.04 Å². The van der Waals surface area contributed by atoms with Crippen molar-refractivity contribution in [3.8, 4) is 0 Å². The number of carbonyl (C=O) groups excluding carboxylic acids is 1. The Kier molecular flexibility index (Phi) is 7.43. The Morgan fingerprint density at radius 3 is 2.19 bits per heavy atom. The van der Waals surface area contributed by atoms with Crippen LogP contribution in [0.2, 0.25) is 0 Å². The molecule has 0 aliphatic carbocycles. The largest absolute Gasteiger partial charge is 0.480 e. The van der Waals surface area contributed by atoms with Gasteiger partial charge in [-0.25, -0.2) is 0 Å². The lowest BCUT2D eigenvalue weighted by Gasteiger charge is -2.38. The van der Waals surface area contributed by atoms with Crippen molar-refractivity contribution >= 4 is 23.6 Å². The summed E-state index contributed by atoms with van der Waals surface area (Å²) < 4.78 is 0. The maximum absolute atomic E-state index is 11.8. The lowest BCUT2D eigenvalue weighted by molar-refractivity contribution is -0.138. The summed E-state index contributed by atoms with van der Waals surface area (Å²) in [6.07, 6.45) is 2.00. The lowest BCUT2D eigenvalue weighted by atomic mass is 9.66. The second-order valence-corrected chi connectivity index (χ2v) is 7.42. The molecule has 0 aromatic rings. The zero-order valence-electron chi connectivity index (χ0n) is 13.0. The molecule has 6 N–H and O–H groups in total. The van der Waals surface area contributed by atoms with Crippen LogP contribution < -0.4 is 11.5 Å². The molecule has 0 rings (SSSR count). The highest BCUT2D eigenvalue weighted by Gasteiger charge is 2.45. The minimum absolute atomic E-state index is 0.323. The van der Waals surface area contributed by atoms with E-state index in [1.807, 2.05) is 20.8 Å². The number of carboxylic acid groups (broad SMARTS) is 1. The normalized spacial score (nSPS) is 17.1. The van der Waals surface area contributed by atoms with Crippen molar-refractivity contribution in [1.82, 2.24) is 0 Å². The van der Waals surface area contributed by atoms with Crippen LogP contribution in [0.1, 0.15) is 34.1 Å². The van der Waals surface area contributed by atoms with Crippen molar-refractivity contribution < 1.29 is 19.8 Å². The van der Waals surface area contributed by atoms with Gasteiger partial charge in [-0.05, 0) is 29.4 Å². The highest BCUT2D eigenvalue weighted by atomic mass is 32.2. The number of hydrogen-bond donors (Lipinski definition) is 4. The minimum atomic E-state index is -1.15. The average Bonchev–Trinajstić information content (AvgIpc) is 2.33. The molecular weight excluding hydrogens is 292 g/mol. The molecule has 0 aliphatic rings. The summed E-state index contributed by atoms with van der Waals surface area (Å²) in [6, 6.07) is -0.897. The van der Waals surface area contributed by atoms with Crippen LogP contribution in [-0.2, 0) is 9.59 Å². The number of nitrogens with two attached hydrogens (primary N) is 2. The molecule has 1 amide bonds. The predicted octanol–water partition coefficient (Wildman–Crippen LogP) is 0.936. The fraction of sp³-hybridized carbons (Fsp3) is 0.714. The molecule has 7 heteroatoms. The second kappa shape index (κ2) is 7.82. The molecule has 0 saturated heterocycles. The van der Waals surface area contributed by atoms with Crippen LogP contribution >= 0.6 is 11.8 Å². The van der Waals surface area contributed by atoms with E-state index in [1.165, 1.54) is 11.8 Å². The Bertz CT molecular complexity index is 418. The van der Waals surface area contributed by atoms with Crippen LogP contribution in [-0.4, -0.2) is 40.5 Å². The van der Waals surface area contributed by atoms with E-state index in [0.717, 1.165) is 4.91 Å². The van der Waals surface area contributed by atoms with Gasteiger partial charge in [0.25, 0.3) is 0 Å². The van der Waals surface area contributed by atoms with Gasteiger partial charge in [-0.1, -0.05) is 26.8 Å². The first-order chi connectivity index (χ1) is 9.48. The number of primary amides is 1. The number of carboxylic acids is 1. The molecule has 2 atom stereocenters. The average molecular weight is 318 g/mol. The molecule has 0 spiro atoms. The molecule has 6 nitrogen and oxygen atoms in total. The molecule has 0 fully saturated rings. The number of rotatable bonds is 8. The lowest BCUT2D eigenvalue weighted by Crippen LogP contribution is -2.48. The Balaban J connectivity index is 4.98. The summed E-state index contributed by atoms with van der Waals surface area (Å²) in [5, 5.41) is 18.4. The second-order valence-electron chi connectivity index (χ2n) is 6.08. The number of aliphatic carboxylic acids is 1. The fourth-order valence-corrected chi connectivity index (χ4v) is 2.86. The van der Waals surface area contributed by atoms with Gasteiger partial charge < -0.3 is 21.7 Å². The van der Waals surface area contributed by atoms with Gasteiger partial charge in [-0.2, -0.15) is 0 Å². The molecular formula is C14H26N2O4S. The van der Waals surface area contributed by atoms with E-state index in [0.29, 0.717) is 12.2 Å². The minimum Gasteiger partial charge on any atom is -0.480 e. The van der Waals surface area contributed by atoms with Gasteiger partial charge >= 0.3 is 5.97 Å². The molecule has 122 valence electrons. The SMILES string of the molecule is C/C(=C\C(CO)(C(N)=O)C(C)(C)C)SCCC(N)C(=O)O. The summed E-state index contributed by atoms with van der Waals surface area (Å²) in [5.41, 5.74) is 9.22. The number of aliphatic hydroxyl groups excluding tert-OH is 1. The van der Waals surface area contributed by atoms with Crippen molar-refractivity contribution in [3.05, 3.63) is 11.0 Å². The maximum atomic E-state index is 11.8. The van der Waals surface area contributed by atoms with E-state index in [1.54, 1.807) is 13.0 Å². The van der Waals surface area contributed by atoms with Crippen molar-refractivity contribution in [1.29, 1.82) is 0 Å². The Morgan fingerprint density at radius 2 is 1.86 bits per heavy atom. The molecule has 0 bridgehead atoms. The first-order valence-electron chi connectivity index (χ1n) is 6.69. The van der Waals surface area contributed by atoms with E-state index < -0.39 is 28.7 Å². The van der Waals surface area contributed by atoms with Gasteiger partial charge in [-0.3, -0.25) is 9.59 Å². The van der Waals surface area contributed by atoms with Gasteiger partial charge in [0.15, 0.2) is 0 Å². The number of aliphatic hydroxyl groups is 1. The summed E-state index contributed by atoms with van der Waals surface area (Å²) in [6.45, 7) is 6.93. The molecule has 0 radical (unpaired) electrons. The highest BCUT2D eigenvalue weighted by Crippen LogP contribution is 2.41. The van der Waals surface area contributed by atoms with Crippen LogP contribution in [0, 0.1) is 10.8 Å². The molecule has 21 heavy (non-hydrogen) atoms. The third-order valence-corrected chi connectivity index (χ3v) is 4.57. The van der Waals surface area contributed by atoms with Crippen LogP contribution in [0.5, 0.6) is 0 Å². The maximum Gasteiger partial charge on any atom is 0.320 e. The van der Waals surface area contributed by atoms with Gasteiger partial charge in [0.05, 0.1) is 12.0 Å². The predicted molar refractivity (Wildman–Crippen MR) is 84.6 cm³/mol. The van der Waals surface area contributed by atoms with Crippen molar-refractivity contribution in [2.45, 2.75) is 40.2 Å². The van der Waals surface area contributed by atoms with Crippen molar-refractivity contribution in [2.24, 2.45) is 22.3 Å². The van der Waals surface area contributed by atoms with E-state index in [4.69, 9.17) is 16.6 Å². The molecule has 0 aliphatic heterocycles. The van der Waals surface area contributed by atoms with Crippen LogP contribution in [0.4, 0.5) is 0 Å². The first kappa shape index (κ1) is 19.9. The van der Waals surface area contributed by atoms with Gasteiger partial charge in [0.2, 0.25) is 5.91 Å². The summed E-state index contributed by atoms with van der Waals surface area (Å²) in [5.74, 6) is -1.10. The molecule has 0 saturated carbocycles. The summed E-state index contributed by atoms with van der Waals surface area (Å²) in [4.78, 5) is 23.2. The quantitative estimate of drug-likeness (QED) is 0.527. The van der Waals surface area contributed by atoms with Crippen LogP contribution in [0.3, 0.4) is 0 Å². The molecule has 0 aromatic carbocycles. The number of hydrogen-bond acceptors (Lipinski definition) is 5. The third kappa shape index (κ3) is 5.33. The monoisotopic (exact) mass is 318 g/mol. The Labute approximate surface area is 130 Å². The molecule has 2 unspecified atom stereocenters. The highest BCUT2D eigenvalue weighted by molar-refractivity contribution is 8.03. The van der Waals surface area contributed by atoms with Gasteiger partial charge in [-0.15, -0.1) is 11.8 Å². The zero-order valence-corrected chi connectivity index (χ0v) is 13.9. The first-order valence-corrected chi connectivity index (χ1v) is 7.68. The summed E-state index contributed by atoms with van der Waals surface area (Å²) >= 11 is 1.40. The van der Waals surface area contributed by atoms with Crippen molar-refractivity contribution in [3.63, 3.8) is 0 Å². The molecule has 0 aromatic heterocycles. The standard InChI is InChI=1S/C14H26N2O4S/c1-9(21-6-5-10(15)11(18)19)7-14(8-17,12(16)20)13(2,3)4/h7,10,17H,5-6,8,15H2,1-4H3,(H2,16,20)(H,18,19)/b9-7+. The molecule has 0 heterocycles. The Morgan fingerprint density at radius 1 is 1.33 bits per heavy atom. The zero-order chi connectivity index (χ0) is 16.8. The van der Waals surface area contributed by atoms with E-state index in [2.05, 4.69) is 0 Å². The number of thioether (sulfide) groups is 1. The number of allylic oxidation sites excluding steroid dienone is 1. The van der Waals surface area contributed by atoms with Crippen LogP contribution in [0.15, 0.2) is 11.0 Å².